The normalized spacial score (nSPS) is 11.2. The predicted octanol–water partition coefficient (Wildman–Crippen LogP) is 1.65. The van der Waals surface area contributed by atoms with Gasteiger partial charge in [0.2, 0.25) is 5.91 Å². The third-order valence-electron chi connectivity index (χ3n) is 4.95. The maximum absolute atomic E-state index is 13.0. The van der Waals surface area contributed by atoms with E-state index in [9.17, 15) is 9.59 Å². The molecule has 1 aromatic heterocycles. The van der Waals surface area contributed by atoms with Crippen LogP contribution in [0.5, 0.6) is 0 Å². The van der Waals surface area contributed by atoms with E-state index >= 15 is 0 Å². The van der Waals surface area contributed by atoms with E-state index in [1.165, 1.54) is 16.7 Å². The molecule has 0 saturated heterocycles. The molecule has 0 fully saturated rings. The Balaban J connectivity index is 1.72. The Morgan fingerprint density at radius 3 is 2.63 bits per heavy atom. The van der Waals surface area contributed by atoms with Crippen molar-refractivity contribution >= 4 is 28.6 Å². The van der Waals surface area contributed by atoms with Gasteiger partial charge in [-0.15, -0.1) is 0 Å². The van der Waals surface area contributed by atoms with Gasteiger partial charge in [-0.1, -0.05) is 48.2 Å². The Labute approximate surface area is 181 Å². The number of hydrogen-bond donors (Lipinski definition) is 2. The number of thioether (sulfide) groups is 1. The number of aromatic nitrogens is 2. The molecular weight excluding hydrogens is 396 g/mol. The smallest absolute Gasteiger partial charge is 0.262 e. The van der Waals surface area contributed by atoms with Gasteiger partial charge in [0, 0.05) is 19.5 Å². The van der Waals surface area contributed by atoms with Crippen LogP contribution in [0.15, 0.2) is 58.5 Å². The number of aryl methyl sites for hydroxylation is 1. The van der Waals surface area contributed by atoms with Gasteiger partial charge < -0.3 is 10.2 Å². The zero-order valence-corrected chi connectivity index (χ0v) is 18.6. The number of amides is 1. The third kappa shape index (κ3) is 5.70. The molecule has 1 heterocycles. The molecule has 1 amide bonds. The van der Waals surface area contributed by atoms with Gasteiger partial charge in [0.05, 0.1) is 37.3 Å². The fraction of sp³-hybridized carbons (Fsp3) is 0.348. The molecule has 0 spiro atoms. The second-order valence-electron chi connectivity index (χ2n) is 7.67. The number of hydrogen-bond acceptors (Lipinski definition) is 4. The highest BCUT2D eigenvalue weighted by Gasteiger charge is 2.13. The number of nitrogens with zero attached hydrogens (tertiary/aromatic N) is 2. The summed E-state index contributed by atoms with van der Waals surface area (Å²) in [6, 6.07) is 15.4. The molecule has 0 aliphatic carbocycles. The highest BCUT2D eigenvalue weighted by atomic mass is 32.2. The summed E-state index contributed by atoms with van der Waals surface area (Å²) in [5, 5.41) is 4.17. The Bertz CT molecular complexity index is 1080. The van der Waals surface area contributed by atoms with Crippen molar-refractivity contribution in [1.82, 2.24) is 14.9 Å². The highest BCUT2D eigenvalue weighted by Crippen LogP contribution is 2.18. The van der Waals surface area contributed by atoms with Gasteiger partial charge in [-0.3, -0.25) is 14.2 Å². The summed E-state index contributed by atoms with van der Waals surface area (Å²) in [5.74, 6) is 0.144. The number of quaternary nitrogens is 1. The first-order valence-corrected chi connectivity index (χ1v) is 11.2. The number of benzene rings is 2. The largest absolute Gasteiger partial charge is 0.351 e. The average Bonchev–Trinajstić information content (AvgIpc) is 2.73. The minimum absolute atomic E-state index is 0.0443. The summed E-state index contributed by atoms with van der Waals surface area (Å²) < 4.78 is 1.71. The van der Waals surface area contributed by atoms with E-state index in [-0.39, 0.29) is 17.2 Å². The van der Waals surface area contributed by atoms with Crippen LogP contribution >= 0.6 is 11.8 Å². The zero-order valence-electron chi connectivity index (χ0n) is 17.8. The quantitative estimate of drug-likeness (QED) is 0.404. The van der Waals surface area contributed by atoms with Crippen LogP contribution in [-0.2, 0) is 17.9 Å². The van der Waals surface area contributed by atoms with Crippen LogP contribution in [0.2, 0.25) is 0 Å². The van der Waals surface area contributed by atoms with E-state index in [0.717, 1.165) is 24.1 Å². The summed E-state index contributed by atoms with van der Waals surface area (Å²) in [6.07, 6.45) is 0.870. The molecule has 3 aromatic rings. The van der Waals surface area contributed by atoms with E-state index in [2.05, 4.69) is 24.4 Å². The Kier molecular flexibility index (Phi) is 7.65. The van der Waals surface area contributed by atoms with Gasteiger partial charge in [0.1, 0.15) is 0 Å². The molecule has 158 valence electrons. The number of nitrogens with one attached hydrogen (secondary N) is 2. The van der Waals surface area contributed by atoms with Crippen molar-refractivity contribution in [2.24, 2.45) is 0 Å². The molecule has 0 unspecified atom stereocenters. The van der Waals surface area contributed by atoms with Crippen LogP contribution in [0.1, 0.15) is 17.5 Å². The van der Waals surface area contributed by atoms with Gasteiger partial charge in [-0.2, -0.15) is 0 Å². The first-order chi connectivity index (χ1) is 14.5. The van der Waals surface area contributed by atoms with E-state index < -0.39 is 0 Å². The first-order valence-electron chi connectivity index (χ1n) is 10.2. The maximum Gasteiger partial charge on any atom is 0.262 e. The van der Waals surface area contributed by atoms with Gasteiger partial charge in [-0.25, -0.2) is 4.98 Å². The van der Waals surface area contributed by atoms with Crippen molar-refractivity contribution in [3.05, 3.63) is 70.0 Å². The molecule has 2 N–H and O–H groups in total. The monoisotopic (exact) mass is 425 g/mol. The molecule has 2 aromatic carbocycles. The van der Waals surface area contributed by atoms with Crippen molar-refractivity contribution in [3.8, 4) is 0 Å². The van der Waals surface area contributed by atoms with Crippen LogP contribution in [0.4, 0.5) is 0 Å². The minimum Gasteiger partial charge on any atom is -0.351 e. The number of fused-ring (bicyclic) bond motifs is 1. The average molecular weight is 426 g/mol. The van der Waals surface area contributed by atoms with Gasteiger partial charge in [0.15, 0.2) is 5.16 Å². The fourth-order valence-corrected chi connectivity index (χ4v) is 4.08. The molecule has 0 saturated carbocycles. The van der Waals surface area contributed by atoms with E-state index in [1.54, 1.807) is 4.57 Å². The Hall–Kier alpha value is -2.64. The molecule has 6 nitrogen and oxygen atoms in total. The van der Waals surface area contributed by atoms with Crippen molar-refractivity contribution < 1.29 is 9.69 Å². The molecule has 0 aliphatic heterocycles. The van der Waals surface area contributed by atoms with Crippen LogP contribution in [0, 0.1) is 6.92 Å². The van der Waals surface area contributed by atoms with Crippen molar-refractivity contribution in [1.29, 1.82) is 0 Å². The molecule has 0 atom stereocenters. The molecule has 30 heavy (non-hydrogen) atoms. The number of carbonyl (C=O) groups is 1. The van der Waals surface area contributed by atoms with E-state index in [4.69, 9.17) is 0 Å². The van der Waals surface area contributed by atoms with Crippen LogP contribution < -0.4 is 15.8 Å². The highest BCUT2D eigenvalue weighted by molar-refractivity contribution is 7.99. The summed E-state index contributed by atoms with van der Waals surface area (Å²) in [5.41, 5.74) is 2.87. The lowest BCUT2D eigenvalue weighted by Gasteiger charge is -2.14. The van der Waals surface area contributed by atoms with Crippen molar-refractivity contribution in [2.45, 2.75) is 31.6 Å². The van der Waals surface area contributed by atoms with E-state index in [0.29, 0.717) is 29.1 Å². The number of para-hydroxylation sites is 1. The SMILES string of the molecule is Cc1ccccc1CNC(=O)CSc1nc2ccccc2c(=O)n1CCC[NH+](C)C. The number of carbonyl (C=O) groups excluding carboxylic acids is 1. The minimum atomic E-state index is -0.0741. The van der Waals surface area contributed by atoms with Gasteiger partial charge in [0.25, 0.3) is 5.56 Å². The lowest BCUT2D eigenvalue weighted by atomic mass is 10.1. The first kappa shape index (κ1) is 22.1. The van der Waals surface area contributed by atoms with E-state index in [1.807, 2.05) is 55.5 Å². The van der Waals surface area contributed by atoms with Crippen molar-refractivity contribution in [3.63, 3.8) is 0 Å². The molecule has 0 bridgehead atoms. The van der Waals surface area contributed by atoms with Gasteiger partial charge >= 0.3 is 0 Å². The standard InChI is InChI=1S/C23H28N4O2S/c1-17-9-4-5-10-18(17)15-24-21(28)16-30-23-25-20-12-7-6-11-19(20)22(29)27(23)14-8-13-26(2)3/h4-7,9-12H,8,13-16H2,1-3H3,(H,24,28)/p+1. The third-order valence-corrected chi connectivity index (χ3v) is 5.93. The molecule has 0 radical (unpaired) electrons. The topological polar surface area (TPSA) is 68.4 Å². The second-order valence-corrected chi connectivity index (χ2v) is 8.61. The molecule has 3 rings (SSSR count). The second kappa shape index (κ2) is 10.4. The van der Waals surface area contributed by atoms with Crippen LogP contribution in [0.3, 0.4) is 0 Å². The van der Waals surface area contributed by atoms with Crippen molar-refractivity contribution in [2.75, 3.05) is 26.4 Å². The van der Waals surface area contributed by atoms with Crippen LogP contribution in [0.25, 0.3) is 10.9 Å². The maximum atomic E-state index is 13.0. The molecule has 7 heteroatoms. The summed E-state index contributed by atoms with van der Waals surface area (Å²) in [7, 11) is 4.19. The predicted molar refractivity (Wildman–Crippen MR) is 122 cm³/mol. The summed E-state index contributed by atoms with van der Waals surface area (Å²) in [6.45, 7) is 4.08. The Morgan fingerprint density at radius 1 is 1.13 bits per heavy atom. The molecular formula is C23H29N4O2S+. The lowest BCUT2D eigenvalue weighted by molar-refractivity contribution is -0.858. The summed E-state index contributed by atoms with van der Waals surface area (Å²) >= 11 is 1.32. The zero-order chi connectivity index (χ0) is 21.5. The molecule has 0 aliphatic rings. The summed E-state index contributed by atoms with van der Waals surface area (Å²) in [4.78, 5) is 31.4. The number of rotatable bonds is 9. The lowest BCUT2D eigenvalue weighted by Crippen LogP contribution is -3.05. The van der Waals surface area contributed by atoms with Crippen LogP contribution in [-0.4, -0.2) is 41.9 Å². The van der Waals surface area contributed by atoms with Gasteiger partial charge in [-0.05, 0) is 30.2 Å². The Morgan fingerprint density at radius 2 is 1.87 bits per heavy atom. The fourth-order valence-electron chi connectivity index (χ4n) is 3.23.